The molecule has 10 atom stereocenters. The van der Waals surface area contributed by atoms with Crippen molar-refractivity contribution < 1.29 is 37.2 Å². The van der Waals surface area contributed by atoms with Gasteiger partial charge in [0.05, 0.1) is 60.0 Å². The summed E-state index contributed by atoms with van der Waals surface area (Å²) in [6, 6.07) is 8.71. The van der Waals surface area contributed by atoms with Gasteiger partial charge in [-0.2, -0.15) is 0 Å². The van der Waals surface area contributed by atoms with Crippen LogP contribution in [0.2, 0.25) is 0 Å². The Morgan fingerprint density at radius 3 is 2.33 bits per heavy atom. The predicted octanol–water partition coefficient (Wildman–Crippen LogP) is 6.03. The maximum Gasteiger partial charge on any atom is 0.178 e. The van der Waals surface area contributed by atoms with E-state index in [4.69, 9.17) is 23.7 Å². The zero-order valence-electron chi connectivity index (χ0n) is 27.6. The van der Waals surface area contributed by atoms with E-state index < -0.39 is 15.6 Å². The zero-order chi connectivity index (χ0) is 32.4. The maximum absolute atomic E-state index is 13.6. The van der Waals surface area contributed by atoms with Crippen LogP contribution in [0, 0.1) is 17.8 Å². The lowest BCUT2D eigenvalue weighted by atomic mass is 9.82. The fourth-order valence-corrected chi connectivity index (χ4v) is 9.47. The van der Waals surface area contributed by atoms with Gasteiger partial charge in [0, 0.05) is 25.4 Å². The molecule has 0 bridgehead atoms. The monoisotopic (exact) mass is 646 g/mol. The molecule has 0 amide bonds. The predicted molar refractivity (Wildman–Crippen MR) is 174 cm³/mol. The van der Waals surface area contributed by atoms with Crippen molar-refractivity contribution >= 4 is 9.84 Å². The molecule has 0 aromatic heterocycles. The SMILES string of the molecule is C=C1C[C@H](CCCO)OC1CC[C@H]1C[C@@H](C)C(=C)C(C[C@@H]2O[C@H](C[C@H]3COC(C)(C)O3)[C@H](C)[C@H]2CS(=O)(=O)c2ccccc2)O1. The second kappa shape index (κ2) is 14.7. The number of sulfone groups is 1. The maximum atomic E-state index is 13.6. The number of aliphatic hydroxyl groups excluding tert-OH is 1. The number of ether oxygens (including phenoxy) is 5. The number of aliphatic hydroxyl groups is 1. The van der Waals surface area contributed by atoms with Gasteiger partial charge in [0.1, 0.15) is 0 Å². The summed E-state index contributed by atoms with van der Waals surface area (Å²) in [6.45, 7) is 17.5. The Morgan fingerprint density at radius 2 is 1.64 bits per heavy atom. The van der Waals surface area contributed by atoms with E-state index in [0.29, 0.717) is 24.3 Å². The Hall–Kier alpha value is -1.59. The van der Waals surface area contributed by atoms with Crippen LogP contribution in [0.3, 0.4) is 0 Å². The highest BCUT2D eigenvalue weighted by Crippen LogP contribution is 2.43. The average Bonchev–Trinajstić information content (AvgIpc) is 3.63. The summed E-state index contributed by atoms with van der Waals surface area (Å²) in [5.74, 6) is -0.518. The molecule has 0 spiro atoms. The molecule has 2 unspecified atom stereocenters. The summed E-state index contributed by atoms with van der Waals surface area (Å²) in [7, 11) is -3.52. The highest BCUT2D eigenvalue weighted by Gasteiger charge is 2.48. The van der Waals surface area contributed by atoms with Crippen molar-refractivity contribution in [2.75, 3.05) is 19.0 Å². The van der Waals surface area contributed by atoms with Crippen LogP contribution in [0.15, 0.2) is 59.5 Å². The summed E-state index contributed by atoms with van der Waals surface area (Å²) >= 11 is 0. The van der Waals surface area contributed by atoms with Gasteiger partial charge < -0.3 is 28.8 Å². The van der Waals surface area contributed by atoms with Crippen molar-refractivity contribution in [1.29, 1.82) is 0 Å². The van der Waals surface area contributed by atoms with Crippen molar-refractivity contribution in [2.24, 2.45) is 17.8 Å². The minimum Gasteiger partial charge on any atom is -0.396 e. The van der Waals surface area contributed by atoms with E-state index in [1.165, 1.54) is 0 Å². The highest BCUT2D eigenvalue weighted by molar-refractivity contribution is 7.91. The van der Waals surface area contributed by atoms with Crippen LogP contribution >= 0.6 is 0 Å². The first-order chi connectivity index (χ1) is 21.3. The minimum absolute atomic E-state index is 0.00943. The molecule has 5 rings (SSSR count). The zero-order valence-corrected chi connectivity index (χ0v) is 28.4. The van der Waals surface area contributed by atoms with Gasteiger partial charge in [-0.15, -0.1) is 0 Å². The van der Waals surface area contributed by atoms with Gasteiger partial charge in [-0.1, -0.05) is 45.2 Å². The van der Waals surface area contributed by atoms with Crippen LogP contribution in [0.4, 0.5) is 0 Å². The van der Waals surface area contributed by atoms with Crippen molar-refractivity contribution in [2.45, 2.75) is 132 Å². The van der Waals surface area contributed by atoms with Gasteiger partial charge in [0.25, 0.3) is 0 Å². The molecule has 252 valence electrons. The summed E-state index contributed by atoms with van der Waals surface area (Å²) in [6.07, 6.45) is 5.73. The molecule has 8 nitrogen and oxygen atoms in total. The molecule has 4 aliphatic rings. The molecule has 1 aromatic carbocycles. The summed E-state index contributed by atoms with van der Waals surface area (Å²) < 4.78 is 58.9. The standard InChI is InChI=1S/C36H54O8S/c1-23-17-28(14-15-32-24(2)18-27(41-32)11-10-16-37)42-34(25(23)3)20-35-31(22-45(38,39)30-12-8-7-9-13-30)26(4)33(43-35)19-29-21-40-36(5,6)44-29/h7-9,12-13,23,26-29,31-35,37H,2-3,10-11,14-22H2,1,4-6H3/t23-,26-,27+,28+,29+,31-,32?,33-,34?,35+/m1/s1. The van der Waals surface area contributed by atoms with Crippen LogP contribution < -0.4 is 0 Å². The Morgan fingerprint density at radius 1 is 0.911 bits per heavy atom. The lowest BCUT2D eigenvalue weighted by Gasteiger charge is -2.38. The highest BCUT2D eigenvalue weighted by atomic mass is 32.2. The fraction of sp³-hybridized carbons (Fsp3) is 0.722. The smallest absolute Gasteiger partial charge is 0.178 e. The molecule has 1 aromatic rings. The number of benzene rings is 1. The van der Waals surface area contributed by atoms with Crippen molar-refractivity contribution in [3.8, 4) is 0 Å². The van der Waals surface area contributed by atoms with Gasteiger partial charge in [-0.25, -0.2) is 8.42 Å². The molecule has 0 radical (unpaired) electrons. The van der Waals surface area contributed by atoms with Crippen LogP contribution in [0.5, 0.6) is 0 Å². The van der Waals surface area contributed by atoms with E-state index in [2.05, 4.69) is 27.0 Å². The molecular formula is C36H54O8S. The Balaban J connectivity index is 1.26. The minimum atomic E-state index is -3.52. The second-order valence-electron chi connectivity index (χ2n) is 14.3. The van der Waals surface area contributed by atoms with E-state index in [1.54, 1.807) is 24.3 Å². The van der Waals surface area contributed by atoms with Crippen LogP contribution in [-0.4, -0.2) is 81.0 Å². The third-order valence-electron chi connectivity index (χ3n) is 10.4. The first kappa shape index (κ1) is 34.7. The first-order valence-electron chi connectivity index (χ1n) is 16.9. The molecule has 0 saturated carbocycles. The molecule has 4 saturated heterocycles. The van der Waals surface area contributed by atoms with Crippen LogP contribution in [-0.2, 0) is 33.5 Å². The van der Waals surface area contributed by atoms with Crippen molar-refractivity contribution in [1.82, 2.24) is 0 Å². The van der Waals surface area contributed by atoms with E-state index in [1.807, 2.05) is 19.9 Å². The first-order valence-corrected chi connectivity index (χ1v) is 18.5. The molecular weight excluding hydrogens is 592 g/mol. The number of hydrogen-bond donors (Lipinski definition) is 1. The summed E-state index contributed by atoms with van der Waals surface area (Å²) in [4.78, 5) is 0.343. The molecule has 1 N–H and O–H groups in total. The molecule has 4 fully saturated rings. The summed E-state index contributed by atoms with van der Waals surface area (Å²) in [5.41, 5.74) is 2.18. The average molecular weight is 647 g/mol. The molecule has 4 heterocycles. The van der Waals surface area contributed by atoms with E-state index >= 15 is 0 Å². The van der Waals surface area contributed by atoms with Gasteiger partial charge in [-0.3, -0.25) is 0 Å². The van der Waals surface area contributed by atoms with E-state index in [0.717, 1.165) is 49.7 Å². The van der Waals surface area contributed by atoms with Gasteiger partial charge in [-0.05, 0) is 87.5 Å². The van der Waals surface area contributed by atoms with Crippen molar-refractivity contribution in [3.05, 3.63) is 54.6 Å². The Kier molecular flexibility index (Phi) is 11.3. The Labute approximate surface area is 270 Å². The Bertz CT molecular complexity index is 1260. The van der Waals surface area contributed by atoms with Gasteiger partial charge in [0.15, 0.2) is 15.6 Å². The summed E-state index contributed by atoms with van der Waals surface area (Å²) in [5, 5.41) is 9.19. The topological polar surface area (TPSA) is 101 Å². The van der Waals surface area contributed by atoms with Gasteiger partial charge >= 0.3 is 0 Å². The third kappa shape index (κ3) is 8.66. The lowest BCUT2D eigenvalue weighted by Crippen LogP contribution is -2.38. The fourth-order valence-electron chi connectivity index (χ4n) is 7.68. The molecule has 9 heteroatoms. The number of hydrogen-bond acceptors (Lipinski definition) is 8. The lowest BCUT2D eigenvalue weighted by molar-refractivity contribution is -0.143. The molecule has 45 heavy (non-hydrogen) atoms. The number of rotatable bonds is 13. The van der Waals surface area contributed by atoms with Gasteiger partial charge in [0.2, 0.25) is 0 Å². The van der Waals surface area contributed by atoms with E-state index in [-0.39, 0.29) is 72.8 Å². The largest absolute Gasteiger partial charge is 0.396 e. The van der Waals surface area contributed by atoms with Crippen molar-refractivity contribution in [3.63, 3.8) is 0 Å². The third-order valence-corrected chi connectivity index (χ3v) is 12.2. The van der Waals surface area contributed by atoms with Crippen LogP contribution in [0.1, 0.15) is 79.1 Å². The quantitative estimate of drug-likeness (QED) is 0.260. The molecule has 4 aliphatic heterocycles. The second-order valence-corrected chi connectivity index (χ2v) is 16.3. The normalized spacial score (nSPS) is 37.0. The van der Waals surface area contributed by atoms with E-state index in [9.17, 15) is 13.5 Å². The van der Waals surface area contributed by atoms with Crippen LogP contribution in [0.25, 0.3) is 0 Å². The molecule has 0 aliphatic carbocycles.